The molecule has 1 aromatic carbocycles. The Hall–Kier alpha value is -2.32. The first-order valence-electron chi connectivity index (χ1n) is 9.47. The highest BCUT2D eigenvalue weighted by molar-refractivity contribution is 5.78. The van der Waals surface area contributed by atoms with E-state index in [-0.39, 0.29) is 23.4 Å². The molecule has 152 valence electrons. The highest BCUT2D eigenvalue weighted by atomic mass is 19.1. The number of hydrogen-bond acceptors (Lipinski definition) is 5. The normalized spacial score (nSPS) is 15.9. The van der Waals surface area contributed by atoms with Gasteiger partial charge in [-0.1, -0.05) is 0 Å². The quantitative estimate of drug-likeness (QED) is 0.819. The van der Waals surface area contributed by atoms with Gasteiger partial charge in [-0.05, 0) is 39.0 Å². The van der Waals surface area contributed by atoms with Crippen molar-refractivity contribution < 1.29 is 18.0 Å². The van der Waals surface area contributed by atoms with Gasteiger partial charge < -0.3 is 9.73 Å². The second-order valence-electron chi connectivity index (χ2n) is 7.42. The summed E-state index contributed by atoms with van der Waals surface area (Å²) in [6.45, 7) is 9.79. The second kappa shape index (κ2) is 8.79. The van der Waals surface area contributed by atoms with Gasteiger partial charge in [0, 0.05) is 38.8 Å². The molecule has 0 bridgehead atoms. The first kappa shape index (κ1) is 20.4. The summed E-state index contributed by atoms with van der Waals surface area (Å²) in [6, 6.07) is 3.36. The van der Waals surface area contributed by atoms with Crippen molar-refractivity contribution in [3.63, 3.8) is 0 Å². The Kier molecular flexibility index (Phi) is 6.41. The van der Waals surface area contributed by atoms with E-state index in [4.69, 9.17) is 4.42 Å². The van der Waals surface area contributed by atoms with Crippen LogP contribution < -0.4 is 5.32 Å². The molecule has 0 radical (unpaired) electrons. The van der Waals surface area contributed by atoms with Crippen LogP contribution in [0.3, 0.4) is 0 Å². The van der Waals surface area contributed by atoms with Crippen LogP contribution in [-0.4, -0.2) is 59.5 Å². The van der Waals surface area contributed by atoms with Crippen LogP contribution >= 0.6 is 0 Å². The predicted molar refractivity (Wildman–Crippen MR) is 102 cm³/mol. The Balaban J connectivity index is 1.58. The first-order chi connectivity index (χ1) is 13.3. The fourth-order valence-electron chi connectivity index (χ4n) is 3.24. The summed E-state index contributed by atoms with van der Waals surface area (Å²) < 4.78 is 33.0. The summed E-state index contributed by atoms with van der Waals surface area (Å²) in [5, 5.41) is 2.90. The number of amides is 1. The van der Waals surface area contributed by atoms with Gasteiger partial charge in [-0.2, -0.15) is 0 Å². The summed E-state index contributed by atoms with van der Waals surface area (Å²) >= 11 is 0. The Bertz CT molecular complexity index is 830. The van der Waals surface area contributed by atoms with Crippen LogP contribution in [0, 0.1) is 18.6 Å². The maximum Gasteiger partial charge on any atom is 0.234 e. The second-order valence-corrected chi connectivity index (χ2v) is 7.42. The van der Waals surface area contributed by atoms with Crippen molar-refractivity contribution >= 4 is 5.91 Å². The standard InChI is InChI=1S/C20H26F2N4O2/c1-13(2)23-19(27)12-26-8-6-25(7-9-26)11-18-14(3)28-20(24-18)16-10-15(21)4-5-17(16)22/h4-5,10,13H,6-9,11-12H2,1-3H3,(H,23,27). The Labute approximate surface area is 163 Å². The largest absolute Gasteiger partial charge is 0.441 e. The average molecular weight is 392 g/mol. The number of oxazole rings is 1. The predicted octanol–water partition coefficient (Wildman–Crippen LogP) is 2.57. The third-order valence-electron chi connectivity index (χ3n) is 4.71. The van der Waals surface area contributed by atoms with E-state index < -0.39 is 11.6 Å². The molecule has 1 amide bonds. The van der Waals surface area contributed by atoms with Crippen molar-refractivity contribution in [1.29, 1.82) is 0 Å². The van der Waals surface area contributed by atoms with E-state index in [0.29, 0.717) is 24.5 Å². The fourth-order valence-corrected chi connectivity index (χ4v) is 3.24. The zero-order valence-electron chi connectivity index (χ0n) is 16.5. The number of benzene rings is 1. The van der Waals surface area contributed by atoms with E-state index in [1.165, 1.54) is 0 Å². The maximum absolute atomic E-state index is 14.0. The van der Waals surface area contributed by atoms with E-state index in [1.807, 2.05) is 13.8 Å². The molecule has 6 nitrogen and oxygen atoms in total. The van der Waals surface area contributed by atoms with Crippen LogP contribution in [0.2, 0.25) is 0 Å². The smallest absolute Gasteiger partial charge is 0.234 e. The molecule has 1 N–H and O–H groups in total. The van der Waals surface area contributed by atoms with Crippen LogP contribution in [-0.2, 0) is 11.3 Å². The van der Waals surface area contributed by atoms with Crippen molar-refractivity contribution in [3.05, 3.63) is 41.3 Å². The van der Waals surface area contributed by atoms with Crippen LogP contribution in [0.15, 0.2) is 22.6 Å². The van der Waals surface area contributed by atoms with Gasteiger partial charge in [-0.3, -0.25) is 14.6 Å². The van der Waals surface area contributed by atoms with Crippen LogP contribution in [0.25, 0.3) is 11.5 Å². The van der Waals surface area contributed by atoms with Crippen molar-refractivity contribution in [2.75, 3.05) is 32.7 Å². The van der Waals surface area contributed by atoms with E-state index in [0.717, 1.165) is 44.4 Å². The minimum absolute atomic E-state index is 0.0235. The molecule has 1 saturated heterocycles. The molecule has 0 saturated carbocycles. The average Bonchev–Trinajstić information content (AvgIpc) is 2.98. The number of hydrogen-bond donors (Lipinski definition) is 1. The van der Waals surface area contributed by atoms with E-state index in [1.54, 1.807) is 6.92 Å². The lowest BCUT2D eigenvalue weighted by molar-refractivity contribution is -0.123. The number of piperazine rings is 1. The number of aryl methyl sites for hydroxylation is 1. The molecule has 8 heteroatoms. The number of nitrogens with one attached hydrogen (secondary N) is 1. The van der Waals surface area contributed by atoms with Gasteiger partial charge in [-0.25, -0.2) is 13.8 Å². The minimum Gasteiger partial charge on any atom is -0.441 e. The summed E-state index contributed by atoms with van der Waals surface area (Å²) in [6.07, 6.45) is 0. The number of carbonyl (C=O) groups excluding carboxylic acids is 1. The monoisotopic (exact) mass is 392 g/mol. The zero-order chi connectivity index (χ0) is 20.3. The summed E-state index contributed by atoms with van der Waals surface area (Å²) in [5.41, 5.74) is 0.736. The summed E-state index contributed by atoms with van der Waals surface area (Å²) in [5.74, 6) is -0.377. The van der Waals surface area contributed by atoms with Gasteiger partial charge in [0.05, 0.1) is 17.8 Å². The molecule has 0 atom stereocenters. The van der Waals surface area contributed by atoms with Crippen LogP contribution in [0.4, 0.5) is 8.78 Å². The van der Waals surface area contributed by atoms with E-state index in [9.17, 15) is 13.6 Å². The lowest BCUT2D eigenvalue weighted by Crippen LogP contribution is -2.49. The van der Waals surface area contributed by atoms with Crippen LogP contribution in [0.5, 0.6) is 0 Å². The van der Waals surface area contributed by atoms with E-state index in [2.05, 4.69) is 20.1 Å². The molecule has 1 fully saturated rings. The lowest BCUT2D eigenvalue weighted by atomic mass is 10.2. The number of halogens is 2. The minimum atomic E-state index is -0.567. The van der Waals surface area contributed by atoms with Gasteiger partial charge in [0.2, 0.25) is 11.8 Å². The number of rotatable bonds is 6. The SMILES string of the molecule is Cc1oc(-c2cc(F)ccc2F)nc1CN1CCN(CC(=O)NC(C)C)CC1. The molecule has 1 aliphatic heterocycles. The van der Waals surface area contributed by atoms with Crippen molar-refractivity contribution in [3.8, 4) is 11.5 Å². The van der Waals surface area contributed by atoms with Crippen molar-refractivity contribution in [2.45, 2.75) is 33.4 Å². The lowest BCUT2D eigenvalue weighted by Gasteiger charge is -2.34. The topological polar surface area (TPSA) is 61.6 Å². The van der Waals surface area contributed by atoms with Gasteiger partial charge in [0.1, 0.15) is 17.4 Å². The zero-order valence-corrected chi connectivity index (χ0v) is 16.5. The molecule has 1 aromatic heterocycles. The van der Waals surface area contributed by atoms with Gasteiger partial charge in [-0.15, -0.1) is 0 Å². The third-order valence-corrected chi connectivity index (χ3v) is 4.71. The Morgan fingerprint density at radius 1 is 1.21 bits per heavy atom. The van der Waals surface area contributed by atoms with Gasteiger partial charge in [0.25, 0.3) is 0 Å². The summed E-state index contributed by atoms with van der Waals surface area (Å²) in [7, 11) is 0. The fraction of sp³-hybridized carbons (Fsp3) is 0.500. The number of nitrogens with zero attached hydrogens (tertiary/aromatic N) is 3. The van der Waals surface area contributed by atoms with Crippen molar-refractivity contribution in [1.82, 2.24) is 20.1 Å². The molecule has 0 unspecified atom stereocenters. The highest BCUT2D eigenvalue weighted by Gasteiger charge is 2.22. The van der Waals surface area contributed by atoms with E-state index >= 15 is 0 Å². The molecule has 1 aliphatic rings. The van der Waals surface area contributed by atoms with Gasteiger partial charge in [0.15, 0.2) is 0 Å². The number of aromatic nitrogens is 1. The molecule has 2 aromatic rings. The third kappa shape index (κ3) is 5.14. The molecule has 0 spiro atoms. The maximum atomic E-state index is 14.0. The Morgan fingerprint density at radius 3 is 2.57 bits per heavy atom. The highest BCUT2D eigenvalue weighted by Crippen LogP contribution is 2.26. The number of carbonyl (C=O) groups is 1. The first-order valence-corrected chi connectivity index (χ1v) is 9.47. The molecule has 0 aliphatic carbocycles. The molecule has 2 heterocycles. The molecular weight excluding hydrogens is 366 g/mol. The van der Waals surface area contributed by atoms with Crippen LogP contribution in [0.1, 0.15) is 25.3 Å². The van der Waals surface area contributed by atoms with Gasteiger partial charge >= 0.3 is 0 Å². The summed E-state index contributed by atoms with van der Waals surface area (Å²) in [4.78, 5) is 20.6. The molecule has 28 heavy (non-hydrogen) atoms. The molecular formula is C20H26F2N4O2. The molecule has 3 rings (SSSR count). The Morgan fingerprint density at radius 2 is 1.89 bits per heavy atom. The van der Waals surface area contributed by atoms with Crippen molar-refractivity contribution in [2.24, 2.45) is 0 Å².